The standard InChI is InChI=1S/C19H25N7O2/c1-19(6-7-19)10-25-11-20-16(23-25)17(27)21-13-5-8-26-15(24(2)18(13)28)9-14(22-26)12-3-4-12/h9,11-13H,3-8,10H2,1-2H3,(H,21,27). The smallest absolute Gasteiger partial charge is 0.291 e. The summed E-state index contributed by atoms with van der Waals surface area (Å²) in [6.07, 6.45) is 6.78. The molecular weight excluding hydrogens is 358 g/mol. The van der Waals surface area contributed by atoms with Crippen molar-refractivity contribution in [1.82, 2.24) is 29.9 Å². The van der Waals surface area contributed by atoms with Gasteiger partial charge in [-0.05, 0) is 37.5 Å². The third-order valence-corrected chi connectivity index (χ3v) is 6.07. The number of fused-ring (bicyclic) bond motifs is 1. The molecule has 2 aromatic rings. The first-order valence-corrected chi connectivity index (χ1v) is 9.97. The number of rotatable bonds is 5. The molecule has 2 saturated carbocycles. The van der Waals surface area contributed by atoms with Crippen LogP contribution in [0.4, 0.5) is 5.82 Å². The molecule has 1 atom stereocenters. The summed E-state index contributed by atoms with van der Waals surface area (Å²) in [4.78, 5) is 31.2. The highest BCUT2D eigenvalue weighted by molar-refractivity contribution is 6.00. The molecule has 9 nitrogen and oxygen atoms in total. The van der Waals surface area contributed by atoms with Crippen LogP contribution in [0.25, 0.3) is 0 Å². The van der Waals surface area contributed by atoms with E-state index in [4.69, 9.17) is 0 Å². The Balaban J connectivity index is 1.27. The van der Waals surface area contributed by atoms with Crippen LogP contribution < -0.4 is 10.2 Å². The van der Waals surface area contributed by atoms with Crippen LogP contribution in [0, 0.1) is 5.41 Å². The summed E-state index contributed by atoms with van der Waals surface area (Å²) >= 11 is 0. The number of likely N-dealkylation sites (N-methyl/N-ethyl adjacent to an activating group) is 1. The summed E-state index contributed by atoms with van der Waals surface area (Å²) in [5.74, 6) is 0.892. The molecule has 0 bridgehead atoms. The fourth-order valence-corrected chi connectivity index (χ4v) is 3.76. The third-order valence-electron chi connectivity index (χ3n) is 6.07. The van der Waals surface area contributed by atoms with Crippen LogP contribution in [0.5, 0.6) is 0 Å². The minimum atomic E-state index is -0.614. The Kier molecular flexibility index (Phi) is 3.82. The van der Waals surface area contributed by atoms with E-state index in [0.29, 0.717) is 18.9 Å². The Morgan fingerprint density at radius 3 is 2.79 bits per heavy atom. The van der Waals surface area contributed by atoms with Gasteiger partial charge in [-0.15, -0.1) is 5.10 Å². The number of hydrogen-bond acceptors (Lipinski definition) is 5. The predicted octanol–water partition coefficient (Wildman–Crippen LogP) is 1.32. The number of aryl methyl sites for hydroxylation is 1. The van der Waals surface area contributed by atoms with Gasteiger partial charge in [-0.1, -0.05) is 6.92 Å². The number of nitrogens with one attached hydrogen (secondary N) is 1. The average molecular weight is 383 g/mol. The Labute approximate surface area is 163 Å². The second kappa shape index (κ2) is 6.15. The van der Waals surface area contributed by atoms with E-state index in [1.807, 2.05) is 10.7 Å². The Morgan fingerprint density at radius 1 is 1.29 bits per heavy atom. The molecule has 2 fully saturated rings. The first-order chi connectivity index (χ1) is 13.4. The molecule has 28 heavy (non-hydrogen) atoms. The number of hydrogen-bond donors (Lipinski definition) is 1. The first-order valence-electron chi connectivity index (χ1n) is 9.97. The Bertz CT molecular complexity index is 938. The predicted molar refractivity (Wildman–Crippen MR) is 101 cm³/mol. The quantitative estimate of drug-likeness (QED) is 0.840. The van der Waals surface area contributed by atoms with Crippen LogP contribution in [-0.4, -0.2) is 49.4 Å². The van der Waals surface area contributed by atoms with Crippen LogP contribution in [0.15, 0.2) is 12.4 Å². The van der Waals surface area contributed by atoms with Gasteiger partial charge in [0.25, 0.3) is 11.8 Å². The lowest BCUT2D eigenvalue weighted by atomic mass is 10.1. The molecule has 0 spiro atoms. The molecule has 1 unspecified atom stereocenters. The number of amides is 2. The maximum absolute atomic E-state index is 12.9. The van der Waals surface area contributed by atoms with Crippen LogP contribution in [0.3, 0.4) is 0 Å². The molecule has 3 heterocycles. The zero-order valence-electron chi connectivity index (χ0n) is 16.3. The van der Waals surface area contributed by atoms with Gasteiger partial charge in [-0.3, -0.25) is 19.2 Å². The van der Waals surface area contributed by atoms with Crippen LogP contribution >= 0.6 is 0 Å². The van der Waals surface area contributed by atoms with Crippen molar-refractivity contribution in [2.24, 2.45) is 5.41 Å². The highest BCUT2D eigenvalue weighted by atomic mass is 16.2. The Morgan fingerprint density at radius 2 is 2.07 bits per heavy atom. The van der Waals surface area contributed by atoms with Crippen LogP contribution in [0.1, 0.15) is 61.3 Å². The molecule has 2 aliphatic carbocycles. The molecule has 3 aliphatic rings. The van der Waals surface area contributed by atoms with Crippen molar-refractivity contribution >= 4 is 17.6 Å². The second-order valence-corrected chi connectivity index (χ2v) is 8.71. The lowest BCUT2D eigenvalue weighted by Crippen LogP contribution is -2.47. The monoisotopic (exact) mass is 383 g/mol. The topological polar surface area (TPSA) is 97.9 Å². The van der Waals surface area contributed by atoms with E-state index in [2.05, 4.69) is 27.4 Å². The van der Waals surface area contributed by atoms with E-state index in [-0.39, 0.29) is 17.1 Å². The molecule has 0 aromatic carbocycles. The molecule has 0 radical (unpaired) electrons. The lowest BCUT2D eigenvalue weighted by molar-refractivity contribution is -0.120. The van der Waals surface area contributed by atoms with E-state index >= 15 is 0 Å². The molecule has 1 N–H and O–H groups in total. The average Bonchev–Trinajstić information content (AvgIpc) is 3.56. The van der Waals surface area contributed by atoms with Crippen molar-refractivity contribution in [1.29, 1.82) is 0 Å². The minimum Gasteiger partial charge on any atom is -0.337 e. The molecule has 5 rings (SSSR count). The summed E-state index contributed by atoms with van der Waals surface area (Å²) in [6, 6.07) is 1.39. The van der Waals surface area contributed by atoms with Gasteiger partial charge < -0.3 is 5.32 Å². The van der Waals surface area contributed by atoms with Crippen molar-refractivity contribution in [3.05, 3.63) is 23.9 Å². The molecule has 2 amide bonds. The maximum Gasteiger partial charge on any atom is 0.291 e. The zero-order chi connectivity index (χ0) is 19.5. The molecule has 1 aliphatic heterocycles. The fraction of sp³-hybridized carbons (Fsp3) is 0.632. The van der Waals surface area contributed by atoms with E-state index < -0.39 is 11.9 Å². The maximum atomic E-state index is 12.9. The summed E-state index contributed by atoms with van der Waals surface area (Å²) in [6.45, 7) is 3.55. The van der Waals surface area contributed by atoms with Gasteiger partial charge in [-0.25, -0.2) is 9.67 Å². The highest BCUT2D eigenvalue weighted by Crippen LogP contribution is 2.46. The normalized spacial score (nSPS) is 23.3. The zero-order valence-corrected chi connectivity index (χ0v) is 16.3. The van der Waals surface area contributed by atoms with E-state index in [0.717, 1.165) is 18.1 Å². The van der Waals surface area contributed by atoms with Gasteiger partial charge >= 0.3 is 0 Å². The minimum absolute atomic E-state index is 0.109. The van der Waals surface area contributed by atoms with Gasteiger partial charge in [0.15, 0.2) is 0 Å². The number of aromatic nitrogens is 5. The SMILES string of the molecule is CN1C(=O)C(NC(=O)c2ncn(CC3(C)CC3)n2)CCn2nc(C3CC3)cc21. The fourth-order valence-electron chi connectivity index (χ4n) is 3.76. The van der Waals surface area contributed by atoms with Crippen LogP contribution in [-0.2, 0) is 17.9 Å². The Hall–Kier alpha value is -2.71. The summed E-state index contributed by atoms with van der Waals surface area (Å²) in [5, 5.41) is 11.8. The number of nitrogens with zero attached hydrogens (tertiary/aromatic N) is 6. The summed E-state index contributed by atoms with van der Waals surface area (Å²) < 4.78 is 3.60. The number of carbonyl (C=O) groups excluding carboxylic acids is 2. The van der Waals surface area contributed by atoms with Crippen molar-refractivity contribution in [3.63, 3.8) is 0 Å². The molecule has 148 valence electrons. The second-order valence-electron chi connectivity index (χ2n) is 8.71. The molecular formula is C19H25N7O2. The van der Waals surface area contributed by atoms with E-state index in [9.17, 15) is 9.59 Å². The number of carbonyl (C=O) groups is 2. The van der Waals surface area contributed by atoms with Crippen molar-refractivity contribution in [3.8, 4) is 0 Å². The van der Waals surface area contributed by atoms with Crippen LogP contribution in [0.2, 0.25) is 0 Å². The van der Waals surface area contributed by atoms with Gasteiger partial charge in [0.1, 0.15) is 18.2 Å². The van der Waals surface area contributed by atoms with Gasteiger partial charge in [0.05, 0.1) is 5.69 Å². The molecule has 0 saturated heterocycles. The lowest BCUT2D eigenvalue weighted by Gasteiger charge is -2.19. The van der Waals surface area contributed by atoms with Gasteiger partial charge in [-0.2, -0.15) is 5.10 Å². The molecule has 2 aromatic heterocycles. The first kappa shape index (κ1) is 17.4. The van der Waals surface area contributed by atoms with Crippen molar-refractivity contribution in [2.75, 3.05) is 11.9 Å². The van der Waals surface area contributed by atoms with Gasteiger partial charge in [0.2, 0.25) is 5.82 Å². The van der Waals surface area contributed by atoms with Crippen molar-refractivity contribution < 1.29 is 9.59 Å². The van der Waals surface area contributed by atoms with Gasteiger partial charge in [0, 0.05) is 32.1 Å². The highest BCUT2D eigenvalue weighted by Gasteiger charge is 2.38. The van der Waals surface area contributed by atoms with E-state index in [1.54, 1.807) is 23.0 Å². The third kappa shape index (κ3) is 3.18. The largest absolute Gasteiger partial charge is 0.337 e. The van der Waals surface area contributed by atoms with Crippen molar-refractivity contribution in [2.45, 2.75) is 64.1 Å². The summed E-state index contributed by atoms with van der Waals surface area (Å²) in [7, 11) is 1.74. The summed E-state index contributed by atoms with van der Waals surface area (Å²) in [5.41, 5.74) is 1.34. The number of anilines is 1. The van der Waals surface area contributed by atoms with E-state index in [1.165, 1.54) is 25.7 Å². The molecule has 9 heteroatoms.